The lowest BCUT2D eigenvalue weighted by Gasteiger charge is -2.45. The predicted octanol–water partition coefficient (Wildman–Crippen LogP) is 11.8. The average Bonchev–Trinajstić information content (AvgIpc) is 3.06. The zero-order valence-electron chi connectivity index (χ0n) is 29.2. The number of benzene rings is 4. The Hall–Kier alpha value is -3.92. The summed E-state index contributed by atoms with van der Waals surface area (Å²) < 4.78 is 12.9. The molecule has 0 aliphatic heterocycles. The normalized spacial score (nSPS) is 19.8. The Balaban J connectivity index is 1.33. The fourth-order valence-electron chi connectivity index (χ4n) is 8.79. The number of rotatable bonds is 9. The maximum absolute atomic E-state index is 6.44. The molecule has 0 radical (unpaired) electrons. The Morgan fingerprint density at radius 1 is 0.574 bits per heavy atom. The number of nitrogens with two attached hydrogens (primary N) is 2. The predicted molar refractivity (Wildman–Crippen MR) is 197 cm³/mol. The third-order valence-electron chi connectivity index (χ3n) is 11.4. The van der Waals surface area contributed by atoms with Crippen molar-refractivity contribution in [3.8, 4) is 23.0 Å². The highest BCUT2D eigenvalue weighted by Crippen LogP contribution is 2.52. The van der Waals surface area contributed by atoms with Gasteiger partial charge in [0.05, 0.1) is 0 Å². The smallest absolute Gasteiger partial charge is 0.133 e. The van der Waals surface area contributed by atoms with Crippen molar-refractivity contribution in [3.63, 3.8) is 0 Å². The van der Waals surface area contributed by atoms with Crippen molar-refractivity contribution in [1.82, 2.24) is 0 Å². The minimum Gasteiger partial charge on any atom is -0.457 e. The van der Waals surface area contributed by atoms with Crippen LogP contribution in [-0.4, -0.2) is 0 Å². The van der Waals surface area contributed by atoms with E-state index in [4.69, 9.17) is 20.9 Å². The summed E-state index contributed by atoms with van der Waals surface area (Å²) in [4.78, 5) is 0. The fraction of sp³-hybridized carbons (Fsp3) is 0.442. The van der Waals surface area contributed by atoms with Gasteiger partial charge in [-0.25, -0.2) is 0 Å². The van der Waals surface area contributed by atoms with E-state index in [1.807, 2.05) is 48.5 Å². The molecule has 248 valence electrons. The van der Waals surface area contributed by atoms with Crippen molar-refractivity contribution >= 4 is 11.4 Å². The summed E-state index contributed by atoms with van der Waals surface area (Å²) in [7, 11) is 0. The van der Waals surface area contributed by atoms with Gasteiger partial charge < -0.3 is 20.9 Å². The fourth-order valence-corrected chi connectivity index (χ4v) is 8.79. The Kier molecular flexibility index (Phi) is 9.87. The van der Waals surface area contributed by atoms with Gasteiger partial charge in [0.1, 0.15) is 23.0 Å². The quantitative estimate of drug-likeness (QED) is 0.181. The standard InChI is InChI=1S/C43H54N2O2/c1-6-7-32-8-10-33(11-9-32)34-20-22-43(23-21-34,35-24-28(2)41(29(3)25-35)46-39-16-12-37(44)13-17-39)36-26-30(4)42(31(5)27-36)47-40-18-14-38(45)15-19-40/h12-19,24-27,32-34H,6-11,20-23,44-45H2,1-5H3/t32-,33-. The highest BCUT2D eigenvalue weighted by molar-refractivity contribution is 5.55. The van der Waals surface area contributed by atoms with Gasteiger partial charge in [0.2, 0.25) is 0 Å². The summed E-state index contributed by atoms with van der Waals surface area (Å²) in [6.45, 7) is 11.1. The second kappa shape index (κ2) is 14.1. The number of anilines is 2. The molecule has 0 heterocycles. The van der Waals surface area contributed by atoms with Crippen LogP contribution in [0.5, 0.6) is 23.0 Å². The topological polar surface area (TPSA) is 70.5 Å². The molecule has 0 bridgehead atoms. The van der Waals surface area contributed by atoms with Crippen molar-refractivity contribution in [3.05, 3.63) is 106 Å². The number of hydrogen-bond acceptors (Lipinski definition) is 4. The van der Waals surface area contributed by atoms with E-state index >= 15 is 0 Å². The molecule has 4 nitrogen and oxygen atoms in total. The zero-order chi connectivity index (χ0) is 33.1. The minimum atomic E-state index is -0.0552. The molecule has 4 aromatic rings. The molecular formula is C43H54N2O2. The van der Waals surface area contributed by atoms with E-state index in [0.29, 0.717) is 0 Å². The van der Waals surface area contributed by atoms with E-state index in [1.165, 1.54) is 97.6 Å². The van der Waals surface area contributed by atoms with Crippen LogP contribution >= 0.6 is 0 Å². The van der Waals surface area contributed by atoms with Crippen LogP contribution in [0.4, 0.5) is 11.4 Å². The van der Waals surface area contributed by atoms with Gasteiger partial charge in [0, 0.05) is 16.8 Å². The van der Waals surface area contributed by atoms with Crippen molar-refractivity contribution < 1.29 is 9.47 Å². The lowest BCUT2D eigenvalue weighted by Crippen LogP contribution is -2.36. The highest BCUT2D eigenvalue weighted by Gasteiger charge is 2.42. The molecule has 2 aliphatic rings. The summed E-state index contributed by atoms with van der Waals surface area (Å²) in [5, 5.41) is 0. The number of aryl methyl sites for hydroxylation is 4. The molecule has 4 N–H and O–H groups in total. The van der Waals surface area contributed by atoms with Gasteiger partial charge in [-0.2, -0.15) is 0 Å². The number of nitrogen functional groups attached to an aromatic ring is 2. The molecule has 47 heavy (non-hydrogen) atoms. The van der Waals surface area contributed by atoms with E-state index < -0.39 is 0 Å². The van der Waals surface area contributed by atoms with Crippen LogP contribution < -0.4 is 20.9 Å². The molecule has 0 aromatic heterocycles. The van der Waals surface area contributed by atoms with Crippen molar-refractivity contribution in [2.45, 2.75) is 104 Å². The van der Waals surface area contributed by atoms with Crippen LogP contribution in [0.15, 0.2) is 72.8 Å². The van der Waals surface area contributed by atoms with Gasteiger partial charge in [0.15, 0.2) is 0 Å². The second-order valence-electron chi connectivity index (χ2n) is 14.7. The molecule has 2 saturated carbocycles. The molecule has 0 unspecified atom stereocenters. The molecule has 2 aliphatic carbocycles. The van der Waals surface area contributed by atoms with E-state index in [2.05, 4.69) is 58.9 Å². The Bertz CT molecular complexity index is 1510. The monoisotopic (exact) mass is 630 g/mol. The molecule has 0 saturated heterocycles. The SMILES string of the molecule is CCC[C@H]1CC[C@H](C2CCC(c3cc(C)c(Oc4ccc(N)cc4)c(C)c3)(c3cc(C)c(Oc4ccc(N)cc4)c(C)c3)CC2)CC1. The molecule has 0 atom stereocenters. The van der Waals surface area contributed by atoms with Crippen LogP contribution in [0.3, 0.4) is 0 Å². The van der Waals surface area contributed by atoms with Crippen molar-refractivity contribution in [1.29, 1.82) is 0 Å². The molecule has 2 fully saturated rings. The van der Waals surface area contributed by atoms with Crippen molar-refractivity contribution in [2.75, 3.05) is 11.5 Å². The molecule has 0 amide bonds. The van der Waals surface area contributed by atoms with Crippen LogP contribution in [0.25, 0.3) is 0 Å². The van der Waals surface area contributed by atoms with Gasteiger partial charge in [-0.1, -0.05) is 56.9 Å². The lowest BCUT2D eigenvalue weighted by molar-refractivity contribution is 0.140. The van der Waals surface area contributed by atoms with E-state index in [1.54, 1.807) is 0 Å². The Morgan fingerprint density at radius 3 is 1.34 bits per heavy atom. The van der Waals surface area contributed by atoms with Gasteiger partial charge in [0.25, 0.3) is 0 Å². The van der Waals surface area contributed by atoms with Crippen LogP contribution in [-0.2, 0) is 5.41 Å². The van der Waals surface area contributed by atoms with Crippen LogP contribution in [0.2, 0.25) is 0 Å². The molecular weight excluding hydrogens is 576 g/mol. The first-order chi connectivity index (χ1) is 22.6. The summed E-state index contributed by atoms with van der Waals surface area (Å²) in [5.74, 6) is 6.17. The summed E-state index contributed by atoms with van der Waals surface area (Å²) in [5.41, 5.74) is 20.8. The molecule has 6 rings (SSSR count). The maximum atomic E-state index is 6.44. The van der Waals surface area contributed by atoms with E-state index in [-0.39, 0.29) is 5.41 Å². The molecule has 4 aromatic carbocycles. The van der Waals surface area contributed by atoms with Gasteiger partial charge >= 0.3 is 0 Å². The third kappa shape index (κ3) is 7.17. The molecule has 4 heteroatoms. The summed E-state index contributed by atoms with van der Waals surface area (Å²) in [6.07, 6.45) is 13.4. The van der Waals surface area contributed by atoms with Crippen LogP contribution in [0, 0.1) is 45.4 Å². The highest BCUT2D eigenvalue weighted by atomic mass is 16.5. The first kappa shape index (κ1) is 33.0. The largest absolute Gasteiger partial charge is 0.457 e. The first-order valence-corrected chi connectivity index (χ1v) is 18.0. The summed E-state index contributed by atoms with van der Waals surface area (Å²) >= 11 is 0. The zero-order valence-corrected chi connectivity index (χ0v) is 29.2. The maximum Gasteiger partial charge on any atom is 0.133 e. The third-order valence-corrected chi connectivity index (χ3v) is 11.4. The van der Waals surface area contributed by atoms with Crippen LogP contribution in [0.1, 0.15) is 105 Å². The number of hydrogen-bond donors (Lipinski definition) is 2. The van der Waals surface area contributed by atoms with Gasteiger partial charge in [-0.05, 0) is 166 Å². The van der Waals surface area contributed by atoms with Gasteiger partial charge in [-0.3, -0.25) is 0 Å². The Morgan fingerprint density at radius 2 is 0.957 bits per heavy atom. The van der Waals surface area contributed by atoms with E-state index in [9.17, 15) is 0 Å². The lowest BCUT2D eigenvalue weighted by atomic mass is 9.59. The Labute approximate surface area is 282 Å². The summed E-state index contributed by atoms with van der Waals surface area (Å²) in [6, 6.07) is 25.0. The average molecular weight is 631 g/mol. The molecule has 0 spiro atoms. The minimum absolute atomic E-state index is 0.0552. The number of ether oxygens (including phenoxy) is 2. The van der Waals surface area contributed by atoms with Gasteiger partial charge in [-0.15, -0.1) is 0 Å². The van der Waals surface area contributed by atoms with Crippen molar-refractivity contribution in [2.24, 2.45) is 17.8 Å². The second-order valence-corrected chi connectivity index (χ2v) is 14.7. The van der Waals surface area contributed by atoms with E-state index in [0.717, 1.165) is 52.1 Å². The first-order valence-electron chi connectivity index (χ1n) is 18.0.